The average molecular weight is 419 g/mol. The van der Waals surface area contributed by atoms with Gasteiger partial charge in [0, 0.05) is 11.8 Å². The molecule has 0 radical (unpaired) electrons. The minimum Gasteiger partial charge on any atom is -0.486 e. The molecule has 2 aromatic heterocycles. The van der Waals surface area contributed by atoms with Crippen molar-refractivity contribution in [3.63, 3.8) is 0 Å². The lowest BCUT2D eigenvalue weighted by Crippen LogP contribution is -2.10. The maximum atomic E-state index is 13.8. The third kappa shape index (κ3) is 5.19. The highest BCUT2D eigenvalue weighted by Gasteiger charge is 2.13. The van der Waals surface area contributed by atoms with Gasteiger partial charge in [-0.3, -0.25) is 9.48 Å². The molecule has 0 saturated heterocycles. The standard InChI is InChI=1S/C24H22FN3O3/c1-16-9-17(2)11-21(10-16)30-15-20-7-8-23(31-20)24(29)27-19-12-26-28(14-19)13-18-5-3-4-6-22(18)25/h3-12,14H,13,15H2,1-2H3,(H,27,29). The van der Waals surface area contributed by atoms with Crippen molar-refractivity contribution < 1.29 is 18.3 Å². The van der Waals surface area contributed by atoms with Crippen LogP contribution in [0.15, 0.2) is 71.4 Å². The SMILES string of the molecule is Cc1cc(C)cc(OCc2ccc(C(=O)Nc3cnn(Cc4ccccc4F)c3)o2)c1. The zero-order chi connectivity index (χ0) is 21.8. The number of furan rings is 1. The summed E-state index contributed by atoms with van der Waals surface area (Å²) >= 11 is 0. The molecule has 0 aliphatic heterocycles. The minimum absolute atomic E-state index is 0.167. The molecule has 1 amide bonds. The Labute approximate surface area is 179 Å². The molecule has 0 fully saturated rings. The van der Waals surface area contributed by atoms with Crippen LogP contribution in [0.1, 0.15) is 33.0 Å². The van der Waals surface area contributed by atoms with Crippen molar-refractivity contribution in [1.82, 2.24) is 9.78 Å². The molecule has 0 spiro atoms. The van der Waals surface area contributed by atoms with Crippen molar-refractivity contribution in [1.29, 1.82) is 0 Å². The molecule has 0 aliphatic rings. The van der Waals surface area contributed by atoms with Gasteiger partial charge in [-0.2, -0.15) is 5.10 Å². The largest absolute Gasteiger partial charge is 0.486 e. The second kappa shape index (κ2) is 8.87. The fraction of sp³-hybridized carbons (Fsp3) is 0.167. The molecular formula is C24H22FN3O3. The molecule has 4 aromatic rings. The third-order valence-electron chi connectivity index (χ3n) is 4.64. The fourth-order valence-electron chi connectivity index (χ4n) is 3.26. The molecule has 0 unspecified atom stereocenters. The van der Waals surface area contributed by atoms with Crippen LogP contribution < -0.4 is 10.1 Å². The van der Waals surface area contributed by atoms with E-state index >= 15 is 0 Å². The Balaban J connectivity index is 1.35. The summed E-state index contributed by atoms with van der Waals surface area (Å²) in [6.07, 6.45) is 3.14. The fourth-order valence-corrected chi connectivity index (χ4v) is 3.26. The average Bonchev–Trinajstić information content (AvgIpc) is 3.37. The predicted molar refractivity (Wildman–Crippen MR) is 115 cm³/mol. The number of aromatic nitrogens is 2. The summed E-state index contributed by atoms with van der Waals surface area (Å²) in [6.45, 7) is 4.50. The number of hydrogen-bond donors (Lipinski definition) is 1. The monoisotopic (exact) mass is 419 g/mol. The first kappa shape index (κ1) is 20.4. The Morgan fingerprint density at radius 2 is 1.90 bits per heavy atom. The van der Waals surface area contributed by atoms with Gasteiger partial charge in [-0.15, -0.1) is 0 Å². The Kier molecular flexibility index (Phi) is 5.84. The minimum atomic E-state index is -0.400. The van der Waals surface area contributed by atoms with E-state index in [2.05, 4.69) is 16.5 Å². The van der Waals surface area contributed by atoms with Gasteiger partial charge in [0.25, 0.3) is 5.91 Å². The first-order chi connectivity index (χ1) is 15.0. The molecule has 4 rings (SSSR count). The normalized spacial score (nSPS) is 10.8. The van der Waals surface area contributed by atoms with E-state index in [4.69, 9.17) is 9.15 Å². The number of carbonyl (C=O) groups excluding carboxylic acids is 1. The van der Waals surface area contributed by atoms with Gasteiger partial charge in [0.2, 0.25) is 0 Å². The maximum Gasteiger partial charge on any atom is 0.291 e. The molecule has 6 nitrogen and oxygen atoms in total. The lowest BCUT2D eigenvalue weighted by molar-refractivity contribution is 0.0992. The summed E-state index contributed by atoms with van der Waals surface area (Å²) in [4.78, 5) is 12.5. The molecule has 7 heteroatoms. The van der Waals surface area contributed by atoms with Crippen LogP contribution in [-0.2, 0) is 13.2 Å². The highest BCUT2D eigenvalue weighted by Crippen LogP contribution is 2.19. The Morgan fingerprint density at radius 1 is 1.13 bits per heavy atom. The predicted octanol–water partition coefficient (Wildman–Crippen LogP) is 5.11. The molecule has 0 atom stereocenters. The number of anilines is 1. The van der Waals surface area contributed by atoms with Gasteiger partial charge in [0.15, 0.2) is 5.76 Å². The number of aryl methyl sites for hydroxylation is 2. The first-order valence-electron chi connectivity index (χ1n) is 9.83. The molecule has 1 N–H and O–H groups in total. The van der Waals surface area contributed by atoms with Gasteiger partial charge in [-0.05, 0) is 55.3 Å². The van der Waals surface area contributed by atoms with E-state index < -0.39 is 5.91 Å². The van der Waals surface area contributed by atoms with Crippen LogP contribution >= 0.6 is 0 Å². The zero-order valence-electron chi connectivity index (χ0n) is 17.3. The molecule has 0 aliphatic carbocycles. The smallest absolute Gasteiger partial charge is 0.291 e. The third-order valence-corrected chi connectivity index (χ3v) is 4.64. The van der Waals surface area contributed by atoms with E-state index in [-0.39, 0.29) is 24.7 Å². The number of amides is 1. The van der Waals surface area contributed by atoms with Crippen molar-refractivity contribution in [3.05, 3.63) is 101 Å². The summed E-state index contributed by atoms with van der Waals surface area (Å²) in [5.74, 6) is 0.764. The van der Waals surface area contributed by atoms with Crippen molar-refractivity contribution in [2.24, 2.45) is 0 Å². The van der Waals surface area contributed by atoms with Gasteiger partial charge in [-0.1, -0.05) is 24.3 Å². The quantitative estimate of drug-likeness (QED) is 0.452. The zero-order valence-corrected chi connectivity index (χ0v) is 17.3. The number of ether oxygens (including phenoxy) is 1. The lowest BCUT2D eigenvalue weighted by atomic mass is 10.1. The van der Waals surface area contributed by atoms with Crippen molar-refractivity contribution in [2.75, 3.05) is 5.32 Å². The molecular weight excluding hydrogens is 397 g/mol. The Morgan fingerprint density at radius 3 is 2.68 bits per heavy atom. The maximum absolute atomic E-state index is 13.8. The van der Waals surface area contributed by atoms with E-state index in [0.717, 1.165) is 16.9 Å². The number of halogens is 1. The van der Waals surface area contributed by atoms with Crippen LogP contribution in [0.4, 0.5) is 10.1 Å². The first-order valence-corrected chi connectivity index (χ1v) is 9.83. The number of benzene rings is 2. The van der Waals surface area contributed by atoms with Crippen molar-refractivity contribution >= 4 is 11.6 Å². The van der Waals surface area contributed by atoms with Crippen molar-refractivity contribution in [2.45, 2.75) is 27.0 Å². The summed E-state index contributed by atoms with van der Waals surface area (Å²) in [7, 11) is 0. The highest BCUT2D eigenvalue weighted by molar-refractivity contribution is 6.02. The van der Waals surface area contributed by atoms with E-state index in [9.17, 15) is 9.18 Å². The van der Waals surface area contributed by atoms with Gasteiger partial charge in [-0.25, -0.2) is 4.39 Å². The molecule has 31 heavy (non-hydrogen) atoms. The van der Waals surface area contributed by atoms with Crippen LogP contribution in [0.25, 0.3) is 0 Å². The molecule has 2 aromatic carbocycles. The number of hydrogen-bond acceptors (Lipinski definition) is 4. The second-order valence-electron chi connectivity index (χ2n) is 7.35. The summed E-state index contributed by atoms with van der Waals surface area (Å²) < 4.78 is 26.7. The van der Waals surface area contributed by atoms with E-state index in [1.807, 2.05) is 26.0 Å². The number of nitrogens with zero attached hydrogens (tertiary/aromatic N) is 2. The van der Waals surface area contributed by atoms with E-state index in [0.29, 0.717) is 17.0 Å². The molecule has 158 valence electrons. The Hall–Kier alpha value is -3.87. The number of nitrogens with one attached hydrogen (secondary N) is 1. The van der Waals surface area contributed by atoms with Gasteiger partial charge < -0.3 is 14.5 Å². The highest BCUT2D eigenvalue weighted by atomic mass is 19.1. The van der Waals surface area contributed by atoms with Crippen LogP contribution in [0.5, 0.6) is 5.75 Å². The summed E-state index contributed by atoms with van der Waals surface area (Å²) in [5.41, 5.74) is 3.24. The lowest BCUT2D eigenvalue weighted by Gasteiger charge is -2.06. The summed E-state index contributed by atoms with van der Waals surface area (Å²) in [5, 5.41) is 6.90. The molecule has 2 heterocycles. The van der Waals surface area contributed by atoms with Crippen LogP contribution in [0, 0.1) is 19.7 Å². The number of carbonyl (C=O) groups is 1. The van der Waals surface area contributed by atoms with Gasteiger partial charge in [0.1, 0.15) is 23.9 Å². The topological polar surface area (TPSA) is 69.3 Å². The van der Waals surface area contributed by atoms with Gasteiger partial charge in [0.05, 0.1) is 18.4 Å². The summed E-state index contributed by atoms with van der Waals surface area (Å²) in [6, 6.07) is 15.8. The van der Waals surface area contributed by atoms with Crippen LogP contribution in [0.3, 0.4) is 0 Å². The Bertz CT molecular complexity index is 1190. The molecule has 0 bridgehead atoms. The number of rotatable bonds is 7. The van der Waals surface area contributed by atoms with Gasteiger partial charge >= 0.3 is 0 Å². The van der Waals surface area contributed by atoms with Crippen molar-refractivity contribution in [3.8, 4) is 5.75 Å². The molecule has 0 saturated carbocycles. The van der Waals surface area contributed by atoms with Crippen LogP contribution in [-0.4, -0.2) is 15.7 Å². The van der Waals surface area contributed by atoms with E-state index in [1.54, 1.807) is 41.2 Å². The van der Waals surface area contributed by atoms with Crippen LogP contribution in [0.2, 0.25) is 0 Å². The second-order valence-corrected chi connectivity index (χ2v) is 7.35. The van der Waals surface area contributed by atoms with E-state index in [1.165, 1.54) is 12.3 Å².